The van der Waals surface area contributed by atoms with Crippen LogP contribution in [0.1, 0.15) is 19.4 Å². The molecule has 0 aliphatic carbocycles. The number of para-hydroxylation sites is 2. The van der Waals surface area contributed by atoms with E-state index >= 15 is 0 Å². The van der Waals surface area contributed by atoms with Crippen LogP contribution in [0, 0.1) is 5.82 Å². The predicted molar refractivity (Wildman–Crippen MR) is 85.9 cm³/mol. The highest BCUT2D eigenvalue weighted by atomic mass is 35.5. The van der Waals surface area contributed by atoms with Crippen LogP contribution < -0.4 is 10.1 Å². The molecule has 0 aliphatic rings. The Kier molecular flexibility index (Phi) is 5.39. The van der Waals surface area contributed by atoms with E-state index in [0.29, 0.717) is 22.0 Å². The number of hydrogen-bond acceptors (Lipinski definition) is 2. The van der Waals surface area contributed by atoms with E-state index in [-0.39, 0.29) is 18.4 Å². The molecule has 0 atom stereocenters. The number of rotatable bonds is 5. The minimum absolute atomic E-state index is 0.00763. The summed E-state index contributed by atoms with van der Waals surface area (Å²) in [5, 5.41) is 3.05. The zero-order chi connectivity index (χ0) is 16.1. The van der Waals surface area contributed by atoms with Crippen LogP contribution in [0.4, 0.5) is 10.1 Å². The van der Waals surface area contributed by atoms with Crippen LogP contribution in [0.2, 0.25) is 5.02 Å². The number of hydrogen-bond donors (Lipinski definition) is 1. The van der Waals surface area contributed by atoms with E-state index in [1.54, 1.807) is 24.3 Å². The van der Waals surface area contributed by atoms with Crippen molar-refractivity contribution >= 4 is 23.2 Å². The summed E-state index contributed by atoms with van der Waals surface area (Å²) < 4.78 is 19.3. The Bertz CT molecular complexity index is 673. The molecule has 1 N–H and O–H groups in total. The number of halogens is 2. The summed E-state index contributed by atoms with van der Waals surface area (Å²) in [6, 6.07) is 11.4. The summed E-state index contributed by atoms with van der Waals surface area (Å²) in [5.74, 6) is -0.224. The molecule has 0 saturated heterocycles. The highest BCUT2D eigenvalue weighted by Gasteiger charge is 2.12. The maximum absolute atomic E-state index is 13.7. The number of ether oxygens (including phenoxy) is 1. The first kappa shape index (κ1) is 16.3. The number of anilines is 1. The number of amides is 1. The second-order valence-electron chi connectivity index (χ2n) is 5.12. The largest absolute Gasteiger partial charge is 0.489 e. The highest BCUT2D eigenvalue weighted by molar-refractivity contribution is 6.30. The van der Waals surface area contributed by atoms with Crippen LogP contribution in [0.15, 0.2) is 42.5 Å². The third kappa shape index (κ3) is 4.46. The second kappa shape index (κ2) is 7.27. The topological polar surface area (TPSA) is 38.3 Å². The first-order valence-corrected chi connectivity index (χ1v) is 7.33. The highest BCUT2D eigenvalue weighted by Crippen LogP contribution is 2.25. The van der Waals surface area contributed by atoms with Crippen LogP contribution in [-0.2, 0) is 11.2 Å². The van der Waals surface area contributed by atoms with Gasteiger partial charge in [-0.3, -0.25) is 4.79 Å². The van der Waals surface area contributed by atoms with Crippen LogP contribution in [0.25, 0.3) is 0 Å². The minimum Gasteiger partial charge on any atom is -0.489 e. The fourth-order valence-corrected chi connectivity index (χ4v) is 2.12. The first-order valence-electron chi connectivity index (χ1n) is 6.95. The smallest absolute Gasteiger partial charge is 0.229 e. The van der Waals surface area contributed by atoms with Crippen LogP contribution >= 0.6 is 11.6 Å². The molecule has 0 unspecified atom stereocenters. The maximum Gasteiger partial charge on any atom is 0.229 e. The molecule has 1 amide bonds. The number of benzene rings is 2. The Morgan fingerprint density at radius 2 is 2.00 bits per heavy atom. The van der Waals surface area contributed by atoms with Gasteiger partial charge in [-0.25, -0.2) is 4.39 Å². The molecule has 2 aromatic carbocycles. The first-order chi connectivity index (χ1) is 10.5. The molecule has 2 rings (SSSR count). The van der Waals surface area contributed by atoms with Crippen molar-refractivity contribution in [3.05, 3.63) is 58.9 Å². The summed E-state index contributed by atoms with van der Waals surface area (Å²) in [4.78, 5) is 12.1. The summed E-state index contributed by atoms with van der Waals surface area (Å²) in [7, 11) is 0. The predicted octanol–water partition coefficient (Wildman–Crippen LogP) is 4.45. The van der Waals surface area contributed by atoms with Gasteiger partial charge in [-0.1, -0.05) is 29.8 Å². The number of carbonyl (C=O) groups excluding carboxylic acids is 1. The standard InChI is InChI=1S/C17H17ClFNO2/c1-11(2)22-16-6-4-3-5-15(16)20-17(21)9-12-7-8-13(18)10-14(12)19/h3-8,10-11H,9H2,1-2H3,(H,20,21). The molecule has 5 heteroatoms. The molecule has 0 spiro atoms. The molecule has 0 heterocycles. The number of carbonyl (C=O) groups is 1. The van der Waals surface area contributed by atoms with Gasteiger partial charge in [0.05, 0.1) is 18.2 Å². The van der Waals surface area contributed by atoms with E-state index in [1.165, 1.54) is 12.1 Å². The van der Waals surface area contributed by atoms with Gasteiger partial charge in [0.1, 0.15) is 11.6 Å². The monoisotopic (exact) mass is 321 g/mol. The average molecular weight is 322 g/mol. The average Bonchev–Trinajstić information content (AvgIpc) is 2.43. The molecular weight excluding hydrogens is 305 g/mol. The second-order valence-corrected chi connectivity index (χ2v) is 5.56. The fraction of sp³-hybridized carbons (Fsp3) is 0.235. The third-order valence-electron chi connectivity index (χ3n) is 2.89. The van der Waals surface area contributed by atoms with Gasteiger partial charge in [-0.05, 0) is 43.7 Å². The molecule has 116 valence electrons. The van der Waals surface area contributed by atoms with Gasteiger partial charge in [0, 0.05) is 5.02 Å². The molecule has 0 fully saturated rings. The van der Waals surface area contributed by atoms with Crippen LogP contribution in [-0.4, -0.2) is 12.0 Å². The van der Waals surface area contributed by atoms with Gasteiger partial charge in [-0.2, -0.15) is 0 Å². The number of nitrogens with one attached hydrogen (secondary N) is 1. The lowest BCUT2D eigenvalue weighted by Crippen LogP contribution is -2.17. The molecular formula is C17H17ClFNO2. The van der Waals surface area contributed by atoms with Crippen LogP contribution in [0.5, 0.6) is 5.75 Å². The van der Waals surface area contributed by atoms with Crippen molar-refractivity contribution in [3.63, 3.8) is 0 Å². The van der Waals surface area contributed by atoms with Crippen molar-refractivity contribution in [1.29, 1.82) is 0 Å². The van der Waals surface area contributed by atoms with Crippen molar-refractivity contribution in [3.8, 4) is 5.75 Å². The normalized spacial score (nSPS) is 10.6. The van der Waals surface area contributed by atoms with Gasteiger partial charge in [-0.15, -0.1) is 0 Å². The van der Waals surface area contributed by atoms with E-state index in [0.717, 1.165) is 0 Å². The van der Waals surface area contributed by atoms with Gasteiger partial charge >= 0.3 is 0 Å². The van der Waals surface area contributed by atoms with Gasteiger partial charge < -0.3 is 10.1 Å². The van der Waals surface area contributed by atoms with Crippen molar-refractivity contribution < 1.29 is 13.9 Å². The quantitative estimate of drug-likeness (QED) is 0.883. The van der Waals surface area contributed by atoms with E-state index < -0.39 is 5.82 Å². The molecule has 0 aliphatic heterocycles. The van der Waals surface area contributed by atoms with E-state index in [1.807, 2.05) is 19.9 Å². The Balaban J connectivity index is 2.09. The summed E-state index contributed by atoms with van der Waals surface area (Å²) in [5.41, 5.74) is 0.861. The van der Waals surface area contributed by atoms with Crippen molar-refractivity contribution in [2.24, 2.45) is 0 Å². The van der Waals surface area contributed by atoms with Crippen molar-refractivity contribution in [2.45, 2.75) is 26.4 Å². The molecule has 0 aromatic heterocycles. The summed E-state index contributed by atoms with van der Waals surface area (Å²) >= 11 is 5.70. The molecule has 22 heavy (non-hydrogen) atoms. The Morgan fingerprint density at radius 3 is 2.68 bits per heavy atom. The Hall–Kier alpha value is -2.07. The molecule has 0 radical (unpaired) electrons. The Labute approximate surface area is 134 Å². The van der Waals surface area contributed by atoms with Gasteiger partial charge in [0.25, 0.3) is 0 Å². The zero-order valence-electron chi connectivity index (χ0n) is 12.4. The lowest BCUT2D eigenvalue weighted by Gasteiger charge is -2.14. The van der Waals surface area contributed by atoms with Crippen molar-refractivity contribution in [1.82, 2.24) is 0 Å². The fourth-order valence-electron chi connectivity index (χ4n) is 1.96. The molecule has 3 nitrogen and oxygen atoms in total. The summed E-state index contributed by atoms with van der Waals surface area (Å²) in [6.07, 6.45) is -0.0780. The third-order valence-corrected chi connectivity index (χ3v) is 3.13. The van der Waals surface area contributed by atoms with Gasteiger partial charge in [0.15, 0.2) is 0 Å². The molecule has 0 saturated carbocycles. The lowest BCUT2D eigenvalue weighted by molar-refractivity contribution is -0.115. The minimum atomic E-state index is -0.491. The maximum atomic E-state index is 13.7. The molecule has 2 aromatic rings. The van der Waals surface area contributed by atoms with E-state index in [2.05, 4.69) is 5.32 Å². The summed E-state index contributed by atoms with van der Waals surface area (Å²) in [6.45, 7) is 3.81. The van der Waals surface area contributed by atoms with Crippen LogP contribution in [0.3, 0.4) is 0 Å². The van der Waals surface area contributed by atoms with Crippen molar-refractivity contribution in [2.75, 3.05) is 5.32 Å². The lowest BCUT2D eigenvalue weighted by atomic mass is 10.1. The van der Waals surface area contributed by atoms with E-state index in [4.69, 9.17) is 16.3 Å². The Morgan fingerprint density at radius 1 is 1.27 bits per heavy atom. The molecule has 0 bridgehead atoms. The van der Waals surface area contributed by atoms with Gasteiger partial charge in [0.2, 0.25) is 5.91 Å². The SMILES string of the molecule is CC(C)Oc1ccccc1NC(=O)Cc1ccc(Cl)cc1F. The van der Waals surface area contributed by atoms with E-state index in [9.17, 15) is 9.18 Å². The zero-order valence-corrected chi connectivity index (χ0v) is 13.2.